The Hall–Kier alpha value is -0.660. The molecule has 7 heteroatoms. The number of hydrogen-bond acceptors (Lipinski definition) is 3. The third-order valence-electron chi connectivity index (χ3n) is 3.84. The van der Waals surface area contributed by atoms with E-state index < -0.39 is 15.8 Å². The smallest absolute Gasteiger partial charge is 0.241 e. The van der Waals surface area contributed by atoms with Crippen LogP contribution >= 0.6 is 15.9 Å². The van der Waals surface area contributed by atoms with Crippen LogP contribution in [0.5, 0.6) is 0 Å². The van der Waals surface area contributed by atoms with Crippen LogP contribution in [0.2, 0.25) is 0 Å². The highest BCUT2D eigenvalue weighted by atomic mass is 79.9. The zero-order chi connectivity index (χ0) is 15.0. The lowest BCUT2D eigenvalue weighted by atomic mass is 9.89. The number of nitrogens with two attached hydrogens (primary N) is 1. The standard InChI is InChI=1S/C13H18BrFN2O2S/c1-13(4-2-3-5-13)8-17-20(18,19)12-7-11(16)10(15)6-9(12)14/h6-7,17H,2-5,8,16H2,1H3. The molecule has 0 aromatic heterocycles. The van der Waals surface area contributed by atoms with Crippen molar-refractivity contribution in [2.45, 2.75) is 37.5 Å². The number of halogens is 2. The van der Waals surface area contributed by atoms with Crippen LogP contribution in [0.3, 0.4) is 0 Å². The molecule has 1 fully saturated rings. The Labute approximate surface area is 127 Å². The number of benzene rings is 1. The van der Waals surface area contributed by atoms with Gasteiger partial charge in [0, 0.05) is 11.0 Å². The predicted molar refractivity (Wildman–Crippen MR) is 80.3 cm³/mol. The van der Waals surface area contributed by atoms with Crippen molar-refractivity contribution >= 4 is 31.6 Å². The summed E-state index contributed by atoms with van der Waals surface area (Å²) in [7, 11) is -3.70. The van der Waals surface area contributed by atoms with Crippen LogP contribution in [-0.4, -0.2) is 15.0 Å². The Morgan fingerprint density at radius 1 is 1.40 bits per heavy atom. The van der Waals surface area contributed by atoms with Gasteiger partial charge >= 0.3 is 0 Å². The molecule has 3 N–H and O–H groups in total. The van der Waals surface area contributed by atoms with Gasteiger partial charge in [-0.05, 0) is 46.3 Å². The van der Waals surface area contributed by atoms with E-state index in [1.165, 1.54) is 0 Å². The molecular weight excluding hydrogens is 347 g/mol. The van der Waals surface area contributed by atoms with Gasteiger partial charge in [-0.3, -0.25) is 0 Å². The van der Waals surface area contributed by atoms with E-state index in [0.29, 0.717) is 6.54 Å². The third-order valence-corrected chi connectivity index (χ3v) is 6.20. The topological polar surface area (TPSA) is 72.2 Å². The molecule has 20 heavy (non-hydrogen) atoms. The molecule has 112 valence electrons. The van der Waals surface area contributed by atoms with E-state index in [0.717, 1.165) is 37.8 Å². The van der Waals surface area contributed by atoms with Gasteiger partial charge in [0.15, 0.2) is 0 Å². The first-order chi connectivity index (χ1) is 9.23. The summed E-state index contributed by atoms with van der Waals surface area (Å²) in [4.78, 5) is -0.0296. The van der Waals surface area contributed by atoms with Crippen molar-refractivity contribution in [3.8, 4) is 0 Å². The molecule has 0 heterocycles. The molecular formula is C13H18BrFN2O2S. The summed E-state index contributed by atoms with van der Waals surface area (Å²) in [5, 5.41) is 0. The molecule has 0 aliphatic heterocycles. The molecule has 0 bridgehead atoms. The third kappa shape index (κ3) is 3.32. The monoisotopic (exact) mass is 364 g/mol. The first kappa shape index (κ1) is 15.7. The fourth-order valence-electron chi connectivity index (χ4n) is 2.50. The van der Waals surface area contributed by atoms with E-state index >= 15 is 0 Å². The minimum absolute atomic E-state index is 0.00508. The number of rotatable bonds is 4. The second kappa shape index (κ2) is 5.61. The van der Waals surface area contributed by atoms with Gasteiger partial charge in [0.25, 0.3) is 0 Å². The zero-order valence-electron chi connectivity index (χ0n) is 11.2. The Morgan fingerprint density at radius 3 is 2.60 bits per heavy atom. The lowest BCUT2D eigenvalue weighted by Gasteiger charge is -2.23. The normalized spacial score (nSPS) is 18.4. The maximum absolute atomic E-state index is 13.3. The fourth-order valence-corrected chi connectivity index (χ4v) is 4.75. The molecule has 1 aromatic rings. The van der Waals surface area contributed by atoms with Crippen LogP contribution < -0.4 is 10.5 Å². The molecule has 0 radical (unpaired) electrons. The van der Waals surface area contributed by atoms with Gasteiger partial charge < -0.3 is 5.73 Å². The van der Waals surface area contributed by atoms with Gasteiger partial charge in [-0.25, -0.2) is 17.5 Å². The van der Waals surface area contributed by atoms with Crippen LogP contribution in [-0.2, 0) is 10.0 Å². The predicted octanol–water partition coefficient (Wildman–Crippen LogP) is 3.03. The van der Waals surface area contributed by atoms with Crippen molar-refractivity contribution in [2.24, 2.45) is 5.41 Å². The minimum Gasteiger partial charge on any atom is -0.396 e. The second-order valence-electron chi connectivity index (χ2n) is 5.65. The van der Waals surface area contributed by atoms with Gasteiger partial charge in [-0.15, -0.1) is 0 Å². The van der Waals surface area contributed by atoms with Gasteiger partial charge in [-0.1, -0.05) is 19.8 Å². The number of nitrogen functional groups attached to an aromatic ring is 1. The molecule has 0 atom stereocenters. The van der Waals surface area contributed by atoms with E-state index in [-0.39, 0.29) is 20.5 Å². The maximum Gasteiger partial charge on any atom is 0.241 e. The molecule has 1 aliphatic rings. The van der Waals surface area contributed by atoms with Gasteiger partial charge in [0.05, 0.1) is 10.6 Å². The molecule has 1 aromatic carbocycles. The quantitative estimate of drug-likeness (QED) is 0.806. The number of nitrogens with one attached hydrogen (secondary N) is 1. The largest absolute Gasteiger partial charge is 0.396 e. The molecule has 1 aliphatic carbocycles. The Kier molecular flexibility index (Phi) is 4.41. The van der Waals surface area contributed by atoms with E-state index in [2.05, 4.69) is 27.6 Å². The van der Waals surface area contributed by atoms with Crippen molar-refractivity contribution in [1.29, 1.82) is 0 Å². The Morgan fingerprint density at radius 2 is 2.00 bits per heavy atom. The average Bonchev–Trinajstić information content (AvgIpc) is 2.79. The SMILES string of the molecule is CC1(CNS(=O)(=O)c2cc(N)c(F)cc2Br)CCCC1. The van der Waals surface area contributed by atoms with E-state index in [1.807, 2.05) is 0 Å². The highest BCUT2D eigenvalue weighted by Gasteiger charge is 2.31. The molecule has 1 saturated carbocycles. The second-order valence-corrected chi connectivity index (χ2v) is 8.24. The summed E-state index contributed by atoms with van der Waals surface area (Å²) in [5.41, 5.74) is 5.27. The summed E-state index contributed by atoms with van der Waals surface area (Å²) in [6, 6.07) is 2.21. The van der Waals surface area contributed by atoms with Crippen molar-refractivity contribution < 1.29 is 12.8 Å². The number of sulfonamides is 1. The summed E-state index contributed by atoms with van der Waals surface area (Å²) in [6.07, 6.45) is 4.29. The number of hydrogen-bond donors (Lipinski definition) is 2. The van der Waals surface area contributed by atoms with Crippen LogP contribution in [0.4, 0.5) is 10.1 Å². The Bertz CT molecular complexity index is 613. The molecule has 2 rings (SSSR count). The van der Waals surface area contributed by atoms with Crippen LogP contribution in [0.1, 0.15) is 32.6 Å². The molecule has 0 unspecified atom stereocenters. The average molecular weight is 365 g/mol. The molecule has 0 amide bonds. The van der Waals surface area contributed by atoms with Gasteiger partial charge in [0.1, 0.15) is 5.82 Å². The zero-order valence-corrected chi connectivity index (χ0v) is 13.7. The van der Waals surface area contributed by atoms with Crippen molar-refractivity contribution in [1.82, 2.24) is 4.72 Å². The summed E-state index contributed by atoms with van der Waals surface area (Å²) >= 11 is 3.07. The van der Waals surface area contributed by atoms with Crippen LogP contribution in [0.15, 0.2) is 21.5 Å². The summed E-state index contributed by atoms with van der Waals surface area (Å²) in [5.74, 6) is -0.640. The van der Waals surface area contributed by atoms with Crippen molar-refractivity contribution in [3.63, 3.8) is 0 Å². The van der Waals surface area contributed by atoms with Gasteiger partial charge in [-0.2, -0.15) is 0 Å². The Balaban J connectivity index is 2.20. The highest BCUT2D eigenvalue weighted by molar-refractivity contribution is 9.10. The maximum atomic E-state index is 13.3. The van der Waals surface area contributed by atoms with Crippen LogP contribution in [0.25, 0.3) is 0 Å². The lowest BCUT2D eigenvalue weighted by Crippen LogP contribution is -2.34. The summed E-state index contributed by atoms with van der Waals surface area (Å²) < 4.78 is 40.6. The lowest BCUT2D eigenvalue weighted by molar-refractivity contribution is 0.336. The highest BCUT2D eigenvalue weighted by Crippen LogP contribution is 2.37. The molecule has 4 nitrogen and oxygen atoms in total. The van der Waals surface area contributed by atoms with Gasteiger partial charge in [0.2, 0.25) is 10.0 Å². The van der Waals surface area contributed by atoms with E-state index in [1.54, 1.807) is 0 Å². The minimum atomic E-state index is -3.70. The van der Waals surface area contributed by atoms with Crippen LogP contribution in [0, 0.1) is 11.2 Å². The van der Waals surface area contributed by atoms with E-state index in [9.17, 15) is 12.8 Å². The molecule has 0 spiro atoms. The fraction of sp³-hybridized carbons (Fsp3) is 0.538. The number of anilines is 1. The molecule has 0 saturated heterocycles. The first-order valence-corrected chi connectivity index (χ1v) is 8.75. The summed E-state index contributed by atoms with van der Waals surface area (Å²) in [6.45, 7) is 2.47. The van der Waals surface area contributed by atoms with Crippen molar-refractivity contribution in [3.05, 3.63) is 22.4 Å². The van der Waals surface area contributed by atoms with E-state index in [4.69, 9.17) is 5.73 Å². The van der Waals surface area contributed by atoms with Crippen molar-refractivity contribution in [2.75, 3.05) is 12.3 Å². The first-order valence-electron chi connectivity index (χ1n) is 6.48.